The Bertz CT molecular complexity index is 340. The van der Waals surface area contributed by atoms with Crippen molar-refractivity contribution in [2.24, 2.45) is 5.92 Å². The summed E-state index contributed by atoms with van der Waals surface area (Å²) in [4.78, 5) is 0. The molecule has 2 atom stereocenters. The van der Waals surface area contributed by atoms with Crippen LogP contribution in [-0.2, 0) is 6.42 Å². The Kier molecular flexibility index (Phi) is 7.08. The molecular weight excluding hydrogens is 316 g/mol. The fraction of sp³-hybridized carbons (Fsp3) is 0.538. The Morgan fingerprint density at radius 3 is 2.33 bits per heavy atom. The molecular formula is C13H18S5. The molecule has 0 N–H and O–H groups in total. The molecule has 2 rings (SSSR count). The van der Waals surface area contributed by atoms with Gasteiger partial charge in [-0.05, 0) is 34.1 Å². The zero-order valence-electron chi connectivity index (χ0n) is 10.6. The first kappa shape index (κ1) is 15.4. The fourth-order valence-electron chi connectivity index (χ4n) is 1.60. The number of hydrogen-bond donors (Lipinski definition) is 0. The molecule has 1 aromatic rings. The van der Waals surface area contributed by atoms with E-state index in [9.17, 15) is 0 Å². The van der Waals surface area contributed by atoms with Gasteiger partial charge in [0.2, 0.25) is 0 Å². The zero-order valence-corrected chi connectivity index (χ0v) is 14.7. The summed E-state index contributed by atoms with van der Waals surface area (Å²) in [6, 6.07) is 10.8. The van der Waals surface area contributed by atoms with Crippen molar-refractivity contribution in [1.82, 2.24) is 0 Å². The van der Waals surface area contributed by atoms with Crippen LogP contribution in [0.3, 0.4) is 0 Å². The van der Waals surface area contributed by atoms with Gasteiger partial charge in [-0.1, -0.05) is 87.4 Å². The van der Waals surface area contributed by atoms with Gasteiger partial charge in [-0.2, -0.15) is 0 Å². The molecule has 0 nitrogen and oxygen atoms in total. The first-order valence-corrected chi connectivity index (χ1v) is 12.0. The lowest BCUT2D eigenvalue weighted by Gasteiger charge is -2.14. The Morgan fingerprint density at radius 2 is 1.61 bits per heavy atom. The quantitative estimate of drug-likeness (QED) is 0.586. The molecule has 0 radical (unpaired) electrons. The summed E-state index contributed by atoms with van der Waals surface area (Å²) >= 11 is 0. The van der Waals surface area contributed by atoms with Crippen molar-refractivity contribution in [3.8, 4) is 0 Å². The SMILES string of the molecule is CC(C)CC1SSSC(Cc2ccccc2)SS1. The van der Waals surface area contributed by atoms with E-state index in [-0.39, 0.29) is 0 Å². The zero-order chi connectivity index (χ0) is 12.8. The van der Waals surface area contributed by atoms with Gasteiger partial charge < -0.3 is 0 Å². The second-order valence-electron chi connectivity index (χ2n) is 4.63. The molecule has 1 saturated heterocycles. The van der Waals surface area contributed by atoms with Crippen LogP contribution < -0.4 is 0 Å². The molecule has 1 aliphatic rings. The summed E-state index contributed by atoms with van der Waals surface area (Å²) < 4.78 is 1.42. The van der Waals surface area contributed by atoms with E-state index in [2.05, 4.69) is 65.8 Å². The predicted octanol–water partition coefficient (Wildman–Crippen LogP) is 6.35. The summed E-state index contributed by atoms with van der Waals surface area (Å²) in [5.41, 5.74) is 1.45. The molecule has 1 aliphatic heterocycles. The predicted molar refractivity (Wildman–Crippen MR) is 95.1 cm³/mol. The van der Waals surface area contributed by atoms with Crippen molar-refractivity contribution in [2.45, 2.75) is 35.9 Å². The second-order valence-corrected chi connectivity index (χ2v) is 12.4. The fourth-order valence-corrected chi connectivity index (χ4v) is 12.9. The van der Waals surface area contributed by atoms with Crippen LogP contribution in [0.4, 0.5) is 0 Å². The molecule has 0 spiro atoms. The normalized spacial score (nSPS) is 25.1. The molecule has 0 saturated carbocycles. The first-order chi connectivity index (χ1) is 8.74. The molecule has 1 heterocycles. The molecule has 18 heavy (non-hydrogen) atoms. The highest BCUT2D eigenvalue weighted by Crippen LogP contribution is 2.57. The summed E-state index contributed by atoms with van der Waals surface area (Å²) in [7, 11) is 10.2. The van der Waals surface area contributed by atoms with E-state index in [0.29, 0.717) is 4.58 Å². The monoisotopic (exact) mass is 334 g/mol. The summed E-state index contributed by atoms with van der Waals surface area (Å²) in [5.74, 6) is 0.798. The maximum absolute atomic E-state index is 2.32. The molecule has 0 bridgehead atoms. The van der Waals surface area contributed by atoms with Gasteiger partial charge in [0.05, 0.1) is 9.16 Å². The van der Waals surface area contributed by atoms with Gasteiger partial charge in [-0.25, -0.2) is 0 Å². The Morgan fingerprint density at radius 1 is 0.944 bits per heavy atom. The van der Waals surface area contributed by atoms with E-state index in [1.807, 2.05) is 31.4 Å². The van der Waals surface area contributed by atoms with Crippen molar-refractivity contribution in [1.29, 1.82) is 0 Å². The minimum Gasteiger partial charge on any atom is -0.0776 e. The summed E-state index contributed by atoms with van der Waals surface area (Å²) in [6.07, 6.45) is 2.49. The third kappa shape index (κ3) is 5.53. The van der Waals surface area contributed by atoms with Crippen LogP contribution in [-0.4, -0.2) is 9.16 Å². The molecule has 1 aromatic carbocycles. The highest BCUT2D eigenvalue weighted by atomic mass is 33.5. The highest BCUT2D eigenvalue weighted by Gasteiger charge is 2.22. The van der Waals surface area contributed by atoms with Crippen molar-refractivity contribution < 1.29 is 0 Å². The molecule has 1 fully saturated rings. The average Bonchev–Trinajstić information content (AvgIpc) is 2.56. The third-order valence-corrected chi connectivity index (χ3v) is 11.9. The summed E-state index contributed by atoms with van der Waals surface area (Å²) in [5, 5.41) is 0. The second kappa shape index (κ2) is 8.30. The van der Waals surface area contributed by atoms with Gasteiger partial charge in [0, 0.05) is 0 Å². The van der Waals surface area contributed by atoms with E-state index in [1.54, 1.807) is 0 Å². The number of hydrogen-bond acceptors (Lipinski definition) is 5. The van der Waals surface area contributed by atoms with Crippen LogP contribution in [0, 0.1) is 5.92 Å². The van der Waals surface area contributed by atoms with E-state index in [4.69, 9.17) is 0 Å². The first-order valence-electron chi connectivity index (χ1n) is 6.09. The lowest BCUT2D eigenvalue weighted by molar-refractivity contribution is 0.621. The summed E-state index contributed by atoms with van der Waals surface area (Å²) in [6.45, 7) is 4.63. The van der Waals surface area contributed by atoms with Crippen molar-refractivity contribution in [3.05, 3.63) is 35.9 Å². The molecule has 0 aliphatic carbocycles. The van der Waals surface area contributed by atoms with Crippen LogP contribution in [0.5, 0.6) is 0 Å². The van der Waals surface area contributed by atoms with Crippen LogP contribution in [0.2, 0.25) is 0 Å². The largest absolute Gasteiger partial charge is 0.0776 e. The van der Waals surface area contributed by atoms with E-state index in [0.717, 1.165) is 10.5 Å². The maximum atomic E-state index is 2.32. The maximum Gasteiger partial charge on any atom is 0.0758 e. The number of rotatable bonds is 4. The van der Waals surface area contributed by atoms with Gasteiger partial charge >= 0.3 is 0 Å². The van der Waals surface area contributed by atoms with Crippen LogP contribution in [0.15, 0.2) is 30.3 Å². The van der Waals surface area contributed by atoms with Gasteiger partial charge in [0.15, 0.2) is 0 Å². The third-order valence-electron chi connectivity index (χ3n) is 2.47. The lowest BCUT2D eigenvalue weighted by atomic mass is 10.2. The highest BCUT2D eigenvalue weighted by molar-refractivity contribution is 9.13. The van der Waals surface area contributed by atoms with Crippen molar-refractivity contribution in [2.75, 3.05) is 0 Å². The van der Waals surface area contributed by atoms with Gasteiger partial charge in [-0.3, -0.25) is 0 Å². The minimum atomic E-state index is 0.673. The van der Waals surface area contributed by atoms with Gasteiger partial charge in [-0.15, -0.1) is 0 Å². The van der Waals surface area contributed by atoms with E-state index < -0.39 is 0 Å². The molecule has 0 amide bonds. The van der Waals surface area contributed by atoms with E-state index in [1.165, 1.54) is 18.4 Å². The van der Waals surface area contributed by atoms with Crippen molar-refractivity contribution in [3.63, 3.8) is 0 Å². The topological polar surface area (TPSA) is 0 Å². The Hall–Kier alpha value is 0.970. The van der Waals surface area contributed by atoms with Crippen LogP contribution in [0.25, 0.3) is 0 Å². The molecule has 2 unspecified atom stereocenters. The molecule has 0 aromatic heterocycles. The Balaban J connectivity index is 1.82. The van der Waals surface area contributed by atoms with Crippen LogP contribution in [0.1, 0.15) is 25.8 Å². The minimum absolute atomic E-state index is 0.673. The average molecular weight is 335 g/mol. The molecule has 5 heteroatoms. The lowest BCUT2D eigenvalue weighted by Crippen LogP contribution is -2.00. The Labute approximate surface area is 130 Å². The standard InChI is InChI=1S/C13H18S5/c1-10(2)8-12-14-15-13(17-18-16-12)9-11-6-4-3-5-7-11/h3-7,10,12-13H,8-9H2,1-2H3. The van der Waals surface area contributed by atoms with Gasteiger partial charge in [0.25, 0.3) is 0 Å². The number of benzene rings is 1. The van der Waals surface area contributed by atoms with Gasteiger partial charge in [0.1, 0.15) is 0 Å². The van der Waals surface area contributed by atoms with E-state index >= 15 is 0 Å². The van der Waals surface area contributed by atoms with Crippen molar-refractivity contribution >= 4 is 53.0 Å². The van der Waals surface area contributed by atoms with Crippen LogP contribution >= 0.6 is 53.0 Å². The molecule has 100 valence electrons. The smallest absolute Gasteiger partial charge is 0.0758 e.